The number of halogens is 1. The standard InChI is InChI=1S/C14H22N4O.HI/c1-19-13-9-5-8-12(17-13)10-16-14(15)18-11-6-3-2-4-7-11;/h5,8-9,11H,2-4,6-7,10H2,1H3,(H3,15,16,18);1H. The predicted molar refractivity (Wildman–Crippen MR) is 91.5 cm³/mol. The molecule has 0 saturated heterocycles. The van der Waals surface area contributed by atoms with Gasteiger partial charge in [0.25, 0.3) is 0 Å². The summed E-state index contributed by atoms with van der Waals surface area (Å²) in [6.45, 7) is 0.475. The van der Waals surface area contributed by atoms with Crippen LogP contribution in [-0.2, 0) is 6.54 Å². The zero-order chi connectivity index (χ0) is 13.5. The molecule has 0 aromatic carbocycles. The third-order valence-corrected chi connectivity index (χ3v) is 3.36. The van der Waals surface area contributed by atoms with Gasteiger partial charge in [0.15, 0.2) is 5.96 Å². The largest absolute Gasteiger partial charge is 0.481 e. The van der Waals surface area contributed by atoms with Gasteiger partial charge in [-0.2, -0.15) is 0 Å². The maximum atomic E-state index is 5.90. The predicted octanol–water partition coefficient (Wildman–Crippen LogP) is 2.45. The van der Waals surface area contributed by atoms with Crippen molar-refractivity contribution in [2.24, 2.45) is 10.7 Å². The van der Waals surface area contributed by atoms with E-state index in [1.807, 2.05) is 18.2 Å². The SMILES string of the molecule is COc1cccc(CN=C(N)NC2CCCCC2)n1.I. The van der Waals surface area contributed by atoms with Crippen LogP contribution in [0.25, 0.3) is 0 Å². The lowest BCUT2D eigenvalue weighted by Gasteiger charge is -2.23. The van der Waals surface area contributed by atoms with Crippen LogP contribution in [-0.4, -0.2) is 24.1 Å². The van der Waals surface area contributed by atoms with Gasteiger partial charge in [0.1, 0.15) is 0 Å². The highest BCUT2D eigenvalue weighted by Crippen LogP contribution is 2.17. The molecule has 1 aromatic heterocycles. The van der Waals surface area contributed by atoms with Crippen molar-refractivity contribution in [3.63, 3.8) is 0 Å². The summed E-state index contributed by atoms with van der Waals surface area (Å²) in [7, 11) is 1.61. The number of hydrogen-bond acceptors (Lipinski definition) is 3. The van der Waals surface area contributed by atoms with Gasteiger partial charge in [-0.25, -0.2) is 9.98 Å². The summed E-state index contributed by atoms with van der Waals surface area (Å²) in [6, 6.07) is 6.12. The van der Waals surface area contributed by atoms with Crippen LogP contribution in [0.5, 0.6) is 5.88 Å². The van der Waals surface area contributed by atoms with Crippen molar-refractivity contribution in [2.45, 2.75) is 44.7 Å². The quantitative estimate of drug-likeness (QED) is 0.471. The molecule has 2 rings (SSSR count). The van der Waals surface area contributed by atoms with Crippen LogP contribution in [0.3, 0.4) is 0 Å². The summed E-state index contributed by atoms with van der Waals surface area (Å²) in [5, 5.41) is 3.29. The molecule has 0 aliphatic heterocycles. The van der Waals surface area contributed by atoms with Crippen LogP contribution in [0, 0.1) is 0 Å². The molecular formula is C14H23IN4O. The van der Waals surface area contributed by atoms with Crippen LogP contribution < -0.4 is 15.8 Å². The maximum absolute atomic E-state index is 5.90. The van der Waals surface area contributed by atoms with Crippen LogP contribution >= 0.6 is 24.0 Å². The van der Waals surface area contributed by atoms with Gasteiger partial charge in [0.2, 0.25) is 5.88 Å². The van der Waals surface area contributed by atoms with Crippen molar-refractivity contribution in [1.29, 1.82) is 0 Å². The summed E-state index contributed by atoms with van der Waals surface area (Å²) in [6.07, 6.45) is 6.27. The number of aliphatic imine (C=N–C) groups is 1. The molecule has 1 heterocycles. The fourth-order valence-electron chi connectivity index (χ4n) is 2.33. The van der Waals surface area contributed by atoms with Gasteiger partial charge in [-0.05, 0) is 18.9 Å². The second-order valence-corrected chi connectivity index (χ2v) is 4.85. The van der Waals surface area contributed by atoms with Crippen LogP contribution in [0.15, 0.2) is 23.2 Å². The Morgan fingerprint density at radius 3 is 2.85 bits per heavy atom. The first-order valence-corrected chi connectivity index (χ1v) is 6.84. The second kappa shape index (κ2) is 8.99. The molecule has 1 aliphatic rings. The zero-order valence-corrected chi connectivity index (χ0v) is 14.2. The third-order valence-electron chi connectivity index (χ3n) is 3.36. The summed E-state index contributed by atoms with van der Waals surface area (Å²) in [5.41, 5.74) is 6.76. The number of ether oxygens (including phenoxy) is 1. The molecule has 1 saturated carbocycles. The second-order valence-electron chi connectivity index (χ2n) is 4.85. The number of pyridine rings is 1. The minimum atomic E-state index is 0. The van der Waals surface area contributed by atoms with Gasteiger partial charge in [0.05, 0.1) is 19.3 Å². The van der Waals surface area contributed by atoms with Crippen LogP contribution in [0.4, 0.5) is 0 Å². The van der Waals surface area contributed by atoms with E-state index in [1.54, 1.807) is 7.11 Å². The first kappa shape index (κ1) is 17.0. The fraction of sp³-hybridized carbons (Fsp3) is 0.571. The van der Waals surface area contributed by atoms with Gasteiger partial charge in [-0.15, -0.1) is 24.0 Å². The highest BCUT2D eigenvalue weighted by Gasteiger charge is 2.13. The van der Waals surface area contributed by atoms with E-state index < -0.39 is 0 Å². The molecule has 1 aromatic rings. The van der Waals surface area contributed by atoms with Gasteiger partial charge >= 0.3 is 0 Å². The van der Waals surface area contributed by atoms with Crippen LogP contribution in [0.1, 0.15) is 37.8 Å². The lowest BCUT2D eigenvalue weighted by Crippen LogP contribution is -2.41. The summed E-state index contributed by atoms with van der Waals surface area (Å²) in [4.78, 5) is 8.63. The average molecular weight is 390 g/mol. The number of aromatic nitrogens is 1. The molecule has 0 unspecified atom stereocenters. The smallest absolute Gasteiger partial charge is 0.213 e. The molecule has 0 amide bonds. The Morgan fingerprint density at radius 1 is 1.40 bits per heavy atom. The Bertz CT molecular complexity index is 433. The Morgan fingerprint density at radius 2 is 2.15 bits per heavy atom. The number of nitrogens with two attached hydrogens (primary N) is 1. The van der Waals surface area contributed by atoms with E-state index in [2.05, 4.69) is 15.3 Å². The maximum Gasteiger partial charge on any atom is 0.213 e. The molecular weight excluding hydrogens is 367 g/mol. The number of nitrogens with one attached hydrogen (secondary N) is 1. The highest BCUT2D eigenvalue weighted by atomic mass is 127. The third kappa shape index (κ3) is 5.52. The zero-order valence-electron chi connectivity index (χ0n) is 11.8. The number of methoxy groups -OCH3 is 1. The monoisotopic (exact) mass is 390 g/mol. The van der Waals surface area contributed by atoms with E-state index in [0.717, 1.165) is 5.69 Å². The number of hydrogen-bond donors (Lipinski definition) is 2. The van der Waals surface area contributed by atoms with E-state index >= 15 is 0 Å². The fourth-order valence-corrected chi connectivity index (χ4v) is 2.33. The van der Waals surface area contributed by atoms with E-state index in [0.29, 0.717) is 24.4 Å². The number of guanidine groups is 1. The van der Waals surface area contributed by atoms with Crippen molar-refractivity contribution < 1.29 is 4.74 Å². The van der Waals surface area contributed by atoms with E-state index in [4.69, 9.17) is 10.5 Å². The van der Waals surface area contributed by atoms with Gasteiger partial charge in [-0.1, -0.05) is 25.3 Å². The topological polar surface area (TPSA) is 72.5 Å². The van der Waals surface area contributed by atoms with Gasteiger partial charge in [-0.3, -0.25) is 0 Å². The molecule has 0 atom stereocenters. The normalized spacial score (nSPS) is 16.4. The summed E-state index contributed by atoms with van der Waals surface area (Å²) in [5.74, 6) is 1.11. The number of rotatable bonds is 4. The Hall–Kier alpha value is -1.05. The van der Waals surface area contributed by atoms with Crippen molar-refractivity contribution >= 4 is 29.9 Å². The molecule has 5 nitrogen and oxygen atoms in total. The molecule has 6 heteroatoms. The molecule has 0 spiro atoms. The van der Waals surface area contributed by atoms with Crippen LogP contribution in [0.2, 0.25) is 0 Å². The molecule has 112 valence electrons. The molecule has 3 N–H and O–H groups in total. The molecule has 1 fully saturated rings. The summed E-state index contributed by atoms with van der Waals surface area (Å²) >= 11 is 0. The molecule has 0 radical (unpaired) electrons. The molecule has 1 aliphatic carbocycles. The van der Waals surface area contributed by atoms with Gasteiger partial charge in [0, 0.05) is 12.1 Å². The Balaban J connectivity index is 0.00000200. The first-order chi connectivity index (χ1) is 9.28. The molecule has 0 bridgehead atoms. The van der Waals surface area contributed by atoms with E-state index in [9.17, 15) is 0 Å². The lowest BCUT2D eigenvalue weighted by atomic mass is 9.96. The van der Waals surface area contributed by atoms with E-state index in [-0.39, 0.29) is 24.0 Å². The Kier molecular flexibility index (Phi) is 7.64. The molecule has 20 heavy (non-hydrogen) atoms. The summed E-state index contributed by atoms with van der Waals surface area (Å²) < 4.78 is 5.08. The Labute approximate surface area is 137 Å². The minimum Gasteiger partial charge on any atom is -0.481 e. The minimum absolute atomic E-state index is 0. The van der Waals surface area contributed by atoms with Crippen molar-refractivity contribution in [2.75, 3.05) is 7.11 Å². The van der Waals surface area contributed by atoms with Crippen molar-refractivity contribution in [3.8, 4) is 5.88 Å². The van der Waals surface area contributed by atoms with Gasteiger partial charge < -0.3 is 15.8 Å². The first-order valence-electron chi connectivity index (χ1n) is 6.84. The van der Waals surface area contributed by atoms with Crippen molar-refractivity contribution in [1.82, 2.24) is 10.3 Å². The average Bonchev–Trinajstić information content (AvgIpc) is 2.46. The lowest BCUT2D eigenvalue weighted by molar-refractivity contribution is 0.396. The highest BCUT2D eigenvalue weighted by molar-refractivity contribution is 14.0. The van der Waals surface area contributed by atoms with E-state index in [1.165, 1.54) is 32.1 Å². The van der Waals surface area contributed by atoms with Crippen molar-refractivity contribution in [3.05, 3.63) is 23.9 Å². The number of nitrogens with zero attached hydrogens (tertiary/aromatic N) is 2.